The van der Waals surface area contributed by atoms with E-state index in [1.165, 1.54) is 25.0 Å². The second kappa shape index (κ2) is 10.8. The summed E-state index contributed by atoms with van der Waals surface area (Å²) in [6, 6.07) is 16.0. The summed E-state index contributed by atoms with van der Waals surface area (Å²) in [5, 5.41) is 9.83. The number of phenols is 1. The van der Waals surface area contributed by atoms with Crippen molar-refractivity contribution in [2.24, 2.45) is 0 Å². The molecule has 0 amide bonds. The van der Waals surface area contributed by atoms with E-state index in [1.807, 2.05) is 0 Å². The molecular weight excluding hydrogens is 493 g/mol. The van der Waals surface area contributed by atoms with Crippen LogP contribution in [0.3, 0.4) is 0 Å². The molecule has 0 unspecified atom stereocenters. The Morgan fingerprint density at radius 3 is 2.22 bits per heavy atom. The van der Waals surface area contributed by atoms with Crippen molar-refractivity contribution >= 4 is 15.7 Å². The van der Waals surface area contributed by atoms with E-state index in [1.54, 1.807) is 36.4 Å². The predicted molar refractivity (Wildman–Crippen MR) is 131 cm³/mol. The lowest BCUT2D eigenvalue weighted by Crippen LogP contribution is -2.30. The molecule has 3 aromatic carbocycles. The van der Waals surface area contributed by atoms with Gasteiger partial charge < -0.3 is 9.84 Å². The SMILES string of the molecule is O=S(=O)(c1ccc(C(F)(F)F)cc1)N(Cc1cccc(O)c1)c1ccc(OCCN2CCCC2)cc1. The molecule has 0 bridgehead atoms. The van der Waals surface area contributed by atoms with Crippen LogP contribution in [0.2, 0.25) is 0 Å². The minimum atomic E-state index is -4.58. The van der Waals surface area contributed by atoms with Gasteiger partial charge in [0.2, 0.25) is 0 Å². The highest BCUT2D eigenvalue weighted by atomic mass is 32.2. The van der Waals surface area contributed by atoms with Gasteiger partial charge in [-0.05, 0) is 92.2 Å². The first-order valence-electron chi connectivity index (χ1n) is 11.6. The van der Waals surface area contributed by atoms with Crippen molar-refractivity contribution in [3.05, 3.63) is 83.9 Å². The highest BCUT2D eigenvalue weighted by Crippen LogP contribution is 2.32. The Morgan fingerprint density at radius 1 is 0.944 bits per heavy atom. The average molecular weight is 521 g/mol. The van der Waals surface area contributed by atoms with Crippen LogP contribution in [0.25, 0.3) is 0 Å². The summed E-state index contributed by atoms with van der Waals surface area (Å²) in [6.45, 7) is 3.32. The standard InChI is InChI=1S/C26H27F3N2O4S/c27-26(28,29)21-6-12-25(13-7-21)36(33,34)31(19-20-4-3-5-23(32)18-20)22-8-10-24(11-9-22)35-17-16-30-14-1-2-15-30/h3-13,18,32H,1-2,14-17,19H2. The fourth-order valence-corrected chi connectivity index (χ4v) is 5.54. The molecule has 36 heavy (non-hydrogen) atoms. The molecule has 1 heterocycles. The van der Waals surface area contributed by atoms with Crippen LogP contribution >= 0.6 is 0 Å². The van der Waals surface area contributed by atoms with Gasteiger partial charge in [0.25, 0.3) is 10.0 Å². The van der Waals surface area contributed by atoms with Crippen LogP contribution in [0.4, 0.5) is 18.9 Å². The fourth-order valence-electron chi connectivity index (χ4n) is 4.09. The van der Waals surface area contributed by atoms with E-state index in [-0.39, 0.29) is 17.2 Å². The Kier molecular flexibility index (Phi) is 7.75. The fraction of sp³-hybridized carbons (Fsp3) is 0.308. The van der Waals surface area contributed by atoms with Gasteiger partial charge in [-0.25, -0.2) is 8.42 Å². The van der Waals surface area contributed by atoms with Crippen molar-refractivity contribution in [1.82, 2.24) is 4.90 Å². The molecule has 0 aliphatic carbocycles. The van der Waals surface area contributed by atoms with Gasteiger partial charge in [-0.15, -0.1) is 0 Å². The molecule has 3 aromatic rings. The topological polar surface area (TPSA) is 70.1 Å². The summed E-state index contributed by atoms with van der Waals surface area (Å²) in [5.41, 5.74) is -0.113. The number of nitrogens with zero attached hydrogens (tertiary/aromatic N) is 2. The molecule has 0 spiro atoms. The molecule has 1 aliphatic heterocycles. The molecule has 10 heteroatoms. The van der Waals surface area contributed by atoms with Gasteiger partial charge >= 0.3 is 6.18 Å². The molecule has 192 valence electrons. The smallest absolute Gasteiger partial charge is 0.416 e. The van der Waals surface area contributed by atoms with E-state index in [0.29, 0.717) is 23.6 Å². The van der Waals surface area contributed by atoms with Gasteiger partial charge in [-0.1, -0.05) is 12.1 Å². The van der Waals surface area contributed by atoms with Crippen molar-refractivity contribution in [1.29, 1.82) is 0 Å². The molecule has 1 aliphatic rings. The molecular formula is C26H27F3N2O4S. The van der Waals surface area contributed by atoms with Crippen LogP contribution < -0.4 is 9.04 Å². The zero-order chi connectivity index (χ0) is 25.8. The molecule has 4 rings (SSSR count). The first kappa shape index (κ1) is 25.8. The largest absolute Gasteiger partial charge is 0.508 e. The summed E-state index contributed by atoms with van der Waals surface area (Å²) >= 11 is 0. The number of aromatic hydroxyl groups is 1. The summed E-state index contributed by atoms with van der Waals surface area (Å²) in [6.07, 6.45) is -2.19. The molecule has 1 saturated heterocycles. The number of rotatable bonds is 9. The Labute approximate surface area is 208 Å². The third-order valence-electron chi connectivity index (χ3n) is 6.01. The van der Waals surface area contributed by atoms with E-state index in [2.05, 4.69) is 4.90 Å². The monoisotopic (exact) mass is 520 g/mol. The van der Waals surface area contributed by atoms with Crippen LogP contribution in [-0.4, -0.2) is 44.7 Å². The highest BCUT2D eigenvalue weighted by molar-refractivity contribution is 7.92. The highest BCUT2D eigenvalue weighted by Gasteiger charge is 2.32. The number of ether oxygens (including phenoxy) is 1. The molecule has 0 aromatic heterocycles. The third-order valence-corrected chi connectivity index (χ3v) is 7.79. The van der Waals surface area contributed by atoms with E-state index in [4.69, 9.17) is 4.74 Å². The first-order chi connectivity index (χ1) is 17.1. The summed E-state index contributed by atoms with van der Waals surface area (Å²) in [5.74, 6) is 0.559. The minimum absolute atomic E-state index is 0.0267. The number of phenolic OH excluding ortho intramolecular Hbond substituents is 1. The number of alkyl halides is 3. The van der Waals surface area contributed by atoms with E-state index in [0.717, 1.165) is 48.2 Å². The molecule has 6 nitrogen and oxygen atoms in total. The quantitative estimate of drug-likeness (QED) is 0.416. The summed E-state index contributed by atoms with van der Waals surface area (Å²) in [7, 11) is -4.23. The minimum Gasteiger partial charge on any atom is -0.508 e. The average Bonchev–Trinajstić information content (AvgIpc) is 3.36. The number of hydrogen-bond acceptors (Lipinski definition) is 5. The van der Waals surface area contributed by atoms with Crippen molar-refractivity contribution in [3.8, 4) is 11.5 Å². The van der Waals surface area contributed by atoms with Gasteiger partial charge in [0.05, 0.1) is 22.7 Å². The Bertz CT molecular complexity index is 1260. The number of sulfonamides is 1. The number of anilines is 1. The normalized spacial score (nSPS) is 14.6. The molecule has 0 radical (unpaired) electrons. The number of halogens is 3. The van der Waals surface area contributed by atoms with Crippen molar-refractivity contribution in [2.75, 3.05) is 30.5 Å². The van der Waals surface area contributed by atoms with Crippen LogP contribution in [0.1, 0.15) is 24.0 Å². The lowest BCUT2D eigenvalue weighted by atomic mass is 10.2. The zero-order valence-corrected chi connectivity index (χ0v) is 20.3. The molecule has 0 saturated carbocycles. The van der Waals surface area contributed by atoms with Crippen molar-refractivity contribution < 1.29 is 31.4 Å². The molecule has 0 atom stereocenters. The summed E-state index contributed by atoms with van der Waals surface area (Å²) < 4.78 is 72.9. The maximum atomic E-state index is 13.5. The van der Waals surface area contributed by atoms with E-state index in [9.17, 15) is 26.7 Å². The predicted octanol–water partition coefficient (Wildman–Crippen LogP) is 5.28. The van der Waals surface area contributed by atoms with Crippen LogP contribution in [0.5, 0.6) is 11.5 Å². The second-order valence-corrected chi connectivity index (χ2v) is 10.5. The Morgan fingerprint density at radius 2 is 1.61 bits per heavy atom. The molecule has 1 N–H and O–H groups in total. The Hall–Kier alpha value is -3.24. The first-order valence-corrected chi connectivity index (χ1v) is 13.0. The van der Waals surface area contributed by atoms with Gasteiger partial charge in [0, 0.05) is 6.54 Å². The molecule has 1 fully saturated rings. The Balaban J connectivity index is 1.58. The van der Waals surface area contributed by atoms with Crippen molar-refractivity contribution in [2.45, 2.75) is 30.5 Å². The van der Waals surface area contributed by atoms with Gasteiger partial charge in [0.1, 0.15) is 18.1 Å². The third kappa shape index (κ3) is 6.30. The van der Waals surface area contributed by atoms with Crippen LogP contribution in [0, 0.1) is 0 Å². The van der Waals surface area contributed by atoms with Crippen LogP contribution in [-0.2, 0) is 22.7 Å². The summed E-state index contributed by atoms with van der Waals surface area (Å²) in [4.78, 5) is 2.05. The van der Waals surface area contributed by atoms with Gasteiger partial charge in [0.15, 0.2) is 0 Å². The lowest BCUT2D eigenvalue weighted by molar-refractivity contribution is -0.137. The van der Waals surface area contributed by atoms with Gasteiger partial charge in [-0.2, -0.15) is 13.2 Å². The van der Waals surface area contributed by atoms with E-state index < -0.39 is 21.8 Å². The van der Waals surface area contributed by atoms with Crippen molar-refractivity contribution in [3.63, 3.8) is 0 Å². The van der Waals surface area contributed by atoms with E-state index >= 15 is 0 Å². The second-order valence-electron chi connectivity index (χ2n) is 8.59. The number of hydrogen-bond donors (Lipinski definition) is 1. The van der Waals surface area contributed by atoms with Gasteiger partial charge in [-0.3, -0.25) is 9.21 Å². The maximum absolute atomic E-state index is 13.5. The van der Waals surface area contributed by atoms with Crippen LogP contribution in [0.15, 0.2) is 77.7 Å². The number of benzene rings is 3. The zero-order valence-electron chi connectivity index (χ0n) is 19.5. The maximum Gasteiger partial charge on any atom is 0.416 e. The lowest BCUT2D eigenvalue weighted by Gasteiger charge is -2.25. The number of likely N-dealkylation sites (tertiary alicyclic amines) is 1.